The van der Waals surface area contributed by atoms with Crippen LogP contribution in [0.25, 0.3) is 0 Å². The van der Waals surface area contributed by atoms with Gasteiger partial charge in [-0.25, -0.2) is 0 Å². The van der Waals surface area contributed by atoms with Gasteiger partial charge in [-0.3, -0.25) is 0 Å². The first-order valence-electron chi connectivity index (χ1n) is 5.38. The van der Waals surface area contributed by atoms with Gasteiger partial charge in [-0.05, 0) is 36.2 Å². The van der Waals surface area contributed by atoms with Crippen molar-refractivity contribution in [3.63, 3.8) is 0 Å². The summed E-state index contributed by atoms with van der Waals surface area (Å²) >= 11 is 7.84. The first kappa shape index (κ1) is 12.4. The summed E-state index contributed by atoms with van der Waals surface area (Å²) in [4.78, 5) is 1.19. The molecule has 0 spiro atoms. The fourth-order valence-electron chi connectivity index (χ4n) is 1.52. The van der Waals surface area contributed by atoms with E-state index in [1.165, 1.54) is 4.88 Å². The highest BCUT2D eigenvalue weighted by Crippen LogP contribution is 2.26. The van der Waals surface area contributed by atoms with Crippen molar-refractivity contribution in [2.75, 3.05) is 7.05 Å². The number of hydrogen-bond acceptors (Lipinski definition) is 3. The Hall–Kier alpha value is -1.03. The Morgan fingerprint density at radius 3 is 2.88 bits per heavy atom. The quantitative estimate of drug-likeness (QED) is 0.892. The second-order valence-corrected chi connectivity index (χ2v) is 5.10. The van der Waals surface area contributed by atoms with E-state index >= 15 is 0 Å². The number of benzene rings is 1. The van der Waals surface area contributed by atoms with Gasteiger partial charge in [0.25, 0.3) is 0 Å². The van der Waals surface area contributed by atoms with Crippen molar-refractivity contribution in [2.24, 2.45) is 0 Å². The third-order valence-corrected chi connectivity index (χ3v) is 3.47. The minimum atomic E-state index is 0.572. The monoisotopic (exact) mass is 267 g/mol. The Bertz CT molecular complexity index is 470. The second-order valence-electron chi connectivity index (χ2n) is 3.66. The molecule has 2 nitrogen and oxygen atoms in total. The summed E-state index contributed by atoms with van der Waals surface area (Å²) in [5, 5.41) is 5.79. The van der Waals surface area contributed by atoms with Crippen LogP contribution in [-0.2, 0) is 13.2 Å². The molecule has 1 aromatic carbocycles. The third kappa shape index (κ3) is 3.46. The molecule has 0 bridgehead atoms. The molecule has 2 rings (SSSR count). The maximum Gasteiger partial charge on any atom is 0.138 e. The first-order valence-corrected chi connectivity index (χ1v) is 6.63. The lowest BCUT2D eigenvalue weighted by Gasteiger charge is -2.08. The smallest absolute Gasteiger partial charge is 0.138 e. The molecule has 1 N–H and O–H groups in total. The molecule has 0 amide bonds. The van der Waals surface area contributed by atoms with Gasteiger partial charge in [-0.15, -0.1) is 11.3 Å². The van der Waals surface area contributed by atoms with Crippen molar-refractivity contribution in [1.82, 2.24) is 5.32 Å². The molecule has 0 saturated carbocycles. The molecule has 0 saturated heterocycles. The lowest BCUT2D eigenvalue weighted by Crippen LogP contribution is -2.05. The van der Waals surface area contributed by atoms with Crippen molar-refractivity contribution in [3.8, 4) is 5.75 Å². The highest BCUT2D eigenvalue weighted by atomic mass is 35.5. The summed E-state index contributed by atoms with van der Waals surface area (Å²) in [5.41, 5.74) is 1.15. The minimum absolute atomic E-state index is 0.572. The van der Waals surface area contributed by atoms with Crippen LogP contribution in [0.5, 0.6) is 5.75 Å². The molecule has 2 aromatic rings. The van der Waals surface area contributed by atoms with Gasteiger partial charge in [0.05, 0.1) is 5.02 Å². The minimum Gasteiger partial charge on any atom is -0.487 e. The van der Waals surface area contributed by atoms with Crippen molar-refractivity contribution in [1.29, 1.82) is 0 Å². The van der Waals surface area contributed by atoms with Gasteiger partial charge in [-0.1, -0.05) is 23.7 Å². The summed E-state index contributed by atoms with van der Waals surface area (Å²) in [5.74, 6) is 0.736. The van der Waals surface area contributed by atoms with Gasteiger partial charge < -0.3 is 10.1 Å². The molecule has 0 aliphatic heterocycles. The zero-order valence-corrected chi connectivity index (χ0v) is 11.1. The van der Waals surface area contributed by atoms with E-state index in [4.69, 9.17) is 16.3 Å². The molecule has 17 heavy (non-hydrogen) atoms. The van der Waals surface area contributed by atoms with E-state index in [2.05, 4.69) is 5.32 Å². The molecule has 1 aromatic heterocycles. The summed E-state index contributed by atoms with van der Waals surface area (Å²) in [6.45, 7) is 1.38. The first-order chi connectivity index (χ1) is 8.29. The van der Waals surface area contributed by atoms with E-state index < -0.39 is 0 Å². The van der Waals surface area contributed by atoms with Crippen molar-refractivity contribution < 1.29 is 4.74 Å². The van der Waals surface area contributed by atoms with Crippen LogP contribution in [0, 0.1) is 0 Å². The summed E-state index contributed by atoms with van der Waals surface area (Å²) in [6.07, 6.45) is 0. The Morgan fingerprint density at radius 2 is 2.24 bits per heavy atom. The van der Waals surface area contributed by atoms with E-state index in [-0.39, 0.29) is 0 Å². The molecule has 0 aliphatic carbocycles. The molecule has 1 heterocycles. The van der Waals surface area contributed by atoms with Crippen molar-refractivity contribution >= 4 is 22.9 Å². The highest BCUT2D eigenvalue weighted by Gasteiger charge is 2.03. The Labute approximate surface area is 110 Å². The van der Waals surface area contributed by atoms with E-state index in [1.54, 1.807) is 11.3 Å². The molecule has 4 heteroatoms. The Morgan fingerprint density at radius 1 is 1.35 bits per heavy atom. The highest BCUT2D eigenvalue weighted by molar-refractivity contribution is 7.09. The Balaban J connectivity index is 2.01. The number of ether oxygens (including phenoxy) is 1. The van der Waals surface area contributed by atoms with E-state index in [0.717, 1.165) is 17.9 Å². The number of hydrogen-bond donors (Lipinski definition) is 1. The molecule has 0 aliphatic rings. The average Bonchev–Trinajstić information content (AvgIpc) is 2.81. The van der Waals surface area contributed by atoms with Crippen LogP contribution in [0.4, 0.5) is 0 Å². The van der Waals surface area contributed by atoms with Crippen LogP contribution >= 0.6 is 22.9 Å². The van der Waals surface area contributed by atoms with Crippen molar-refractivity contribution in [2.45, 2.75) is 13.2 Å². The number of halogens is 1. The van der Waals surface area contributed by atoms with Gasteiger partial charge >= 0.3 is 0 Å². The van der Waals surface area contributed by atoms with Crippen molar-refractivity contribution in [3.05, 3.63) is 51.2 Å². The standard InChI is InChI=1S/C13H14ClNOS/c1-15-8-10-4-5-13(12(14)7-10)16-9-11-3-2-6-17-11/h2-7,15H,8-9H2,1H3. The zero-order chi connectivity index (χ0) is 12.1. The maximum absolute atomic E-state index is 6.16. The molecule has 0 radical (unpaired) electrons. The SMILES string of the molecule is CNCc1ccc(OCc2cccs2)c(Cl)c1. The summed E-state index contributed by atoms with van der Waals surface area (Å²) in [7, 11) is 1.91. The fraction of sp³-hybridized carbons (Fsp3) is 0.231. The van der Waals surface area contributed by atoms with Crippen LogP contribution in [-0.4, -0.2) is 7.05 Å². The van der Waals surface area contributed by atoms with Gasteiger partial charge in [0.15, 0.2) is 0 Å². The van der Waals surface area contributed by atoms with Crippen LogP contribution < -0.4 is 10.1 Å². The lowest BCUT2D eigenvalue weighted by molar-refractivity contribution is 0.310. The Kier molecular flexibility index (Phi) is 4.42. The number of nitrogens with one attached hydrogen (secondary N) is 1. The zero-order valence-electron chi connectivity index (χ0n) is 9.57. The predicted octanol–water partition coefficient (Wildman–Crippen LogP) is 3.70. The van der Waals surface area contributed by atoms with E-state index in [1.807, 2.05) is 42.8 Å². The lowest BCUT2D eigenvalue weighted by atomic mass is 10.2. The van der Waals surface area contributed by atoms with Gasteiger partial charge in [-0.2, -0.15) is 0 Å². The largest absolute Gasteiger partial charge is 0.487 e. The third-order valence-electron chi connectivity index (χ3n) is 2.33. The van der Waals surface area contributed by atoms with Gasteiger partial charge in [0.2, 0.25) is 0 Å². The van der Waals surface area contributed by atoms with Gasteiger partial charge in [0, 0.05) is 11.4 Å². The van der Waals surface area contributed by atoms with E-state index in [0.29, 0.717) is 11.6 Å². The molecular formula is C13H14ClNOS. The van der Waals surface area contributed by atoms with Gasteiger partial charge in [0.1, 0.15) is 12.4 Å². The molecule has 0 fully saturated rings. The molecule has 0 unspecified atom stereocenters. The molecule has 90 valence electrons. The summed E-state index contributed by atoms with van der Waals surface area (Å²) in [6, 6.07) is 9.94. The number of rotatable bonds is 5. The fourth-order valence-corrected chi connectivity index (χ4v) is 2.39. The van der Waals surface area contributed by atoms with Crippen LogP contribution in [0.15, 0.2) is 35.7 Å². The number of thiophene rings is 1. The van der Waals surface area contributed by atoms with E-state index in [9.17, 15) is 0 Å². The van der Waals surface area contributed by atoms with Crippen LogP contribution in [0.2, 0.25) is 5.02 Å². The topological polar surface area (TPSA) is 21.3 Å². The summed E-state index contributed by atoms with van der Waals surface area (Å²) < 4.78 is 5.67. The molecular weight excluding hydrogens is 254 g/mol. The van der Waals surface area contributed by atoms with Crippen LogP contribution in [0.3, 0.4) is 0 Å². The predicted molar refractivity (Wildman–Crippen MR) is 72.9 cm³/mol. The second kappa shape index (κ2) is 6.05. The van der Waals surface area contributed by atoms with Crippen LogP contribution in [0.1, 0.15) is 10.4 Å². The molecule has 0 atom stereocenters. The normalized spacial score (nSPS) is 10.5. The maximum atomic E-state index is 6.16. The average molecular weight is 268 g/mol.